The molecule has 0 unspecified atom stereocenters. The van der Waals surface area contributed by atoms with Crippen LogP contribution < -0.4 is 10.9 Å². The summed E-state index contributed by atoms with van der Waals surface area (Å²) >= 11 is 0. The van der Waals surface area contributed by atoms with Crippen LogP contribution in [0.5, 0.6) is 0 Å². The maximum absolute atomic E-state index is 14.0. The Morgan fingerprint density at radius 2 is 1.80 bits per heavy atom. The summed E-state index contributed by atoms with van der Waals surface area (Å²) in [6, 6.07) is 16.8. The second-order valence-corrected chi connectivity index (χ2v) is 12.6. The van der Waals surface area contributed by atoms with Gasteiger partial charge in [-0.2, -0.15) is 0 Å². The van der Waals surface area contributed by atoms with Crippen LogP contribution in [0.3, 0.4) is 0 Å². The van der Waals surface area contributed by atoms with Gasteiger partial charge in [-0.3, -0.25) is 23.7 Å². The minimum Gasteiger partial charge on any atom is -0.388 e. The average Bonchev–Trinajstić information content (AvgIpc) is 3.64. The number of hydrogen-bond acceptors (Lipinski definition) is 6. The van der Waals surface area contributed by atoms with Crippen molar-refractivity contribution in [1.82, 2.24) is 29.2 Å². The fraction of sp³-hybridized carbons (Fsp3) is 0.382. The molecule has 2 fully saturated rings. The molecule has 3 aliphatic rings. The van der Waals surface area contributed by atoms with Gasteiger partial charge in [-0.15, -0.1) is 0 Å². The molecule has 2 aromatic carbocycles. The van der Waals surface area contributed by atoms with Crippen LogP contribution in [-0.2, 0) is 24.9 Å². The number of amides is 3. The van der Waals surface area contributed by atoms with Crippen molar-refractivity contribution in [2.24, 2.45) is 13.0 Å². The van der Waals surface area contributed by atoms with E-state index in [4.69, 9.17) is 0 Å². The Morgan fingerprint density at radius 1 is 1.02 bits per heavy atom. The van der Waals surface area contributed by atoms with E-state index in [0.717, 1.165) is 11.1 Å². The number of likely N-dealkylation sites (tertiary alicyclic amines) is 2. The highest BCUT2D eigenvalue weighted by atomic mass is 16.3. The number of aryl methyl sites for hydroxylation is 1. The predicted octanol–water partition coefficient (Wildman–Crippen LogP) is 2.28. The van der Waals surface area contributed by atoms with Crippen molar-refractivity contribution in [3.63, 3.8) is 0 Å². The zero-order chi connectivity index (χ0) is 31.3. The van der Waals surface area contributed by atoms with Crippen LogP contribution in [0.15, 0.2) is 71.9 Å². The number of hydrogen-bond donors (Lipinski definition) is 2. The van der Waals surface area contributed by atoms with Gasteiger partial charge in [-0.25, -0.2) is 4.98 Å². The molecule has 11 heteroatoms. The molecule has 0 saturated carbocycles. The lowest BCUT2D eigenvalue weighted by Gasteiger charge is -2.43. The predicted molar refractivity (Wildman–Crippen MR) is 167 cm³/mol. The number of aliphatic hydroxyl groups is 1. The van der Waals surface area contributed by atoms with Crippen molar-refractivity contribution < 1.29 is 19.5 Å². The van der Waals surface area contributed by atoms with Gasteiger partial charge in [-0.05, 0) is 48.6 Å². The number of fused-ring (bicyclic) bond motifs is 2. The Bertz CT molecular complexity index is 1860. The van der Waals surface area contributed by atoms with Crippen LogP contribution in [0, 0.1) is 5.92 Å². The van der Waals surface area contributed by atoms with Crippen LogP contribution in [0.25, 0.3) is 11.0 Å². The molecule has 0 bridgehead atoms. The largest absolute Gasteiger partial charge is 0.388 e. The van der Waals surface area contributed by atoms with Gasteiger partial charge in [0.1, 0.15) is 12.0 Å². The van der Waals surface area contributed by atoms with Crippen molar-refractivity contribution in [3.05, 3.63) is 99.7 Å². The van der Waals surface area contributed by atoms with Gasteiger partial charge < -0.3 is 24.8 Å². The zero-order valence-electron chi connectivity index (χ0n) is 25.2. The van der Waals surface area contributed by atoms with Crippen LogP contribution >= 0.6 is 0 Å². The molecule has 2 saturated heterocycles. The Morgan fingerprint density at radius 3 is 2.58 bits per heavy atom. The summed E-state index contributed by atoms with van der Waals surface area (Å²) in [6.45, 7) is 2.16. The molecular formula is C34H36N6O5. The minimum absolute atomic E-state index is 0.0248. The van der Waals surface area contributed by atoms with E-state index >= 15 is 0 Å². The number of piperidine rings is 2. The lowest BCUT2D eigenvalue weighted by atomic mass is 9.79. The molecular weight excluding hydrogens is 572 g/mol. The number of rotatable bonds is 5. The lowest BCUT2D eigenvalue weighted by molar-refractivity contribution is -0.142. The topological polar surface area (TPSA) is 130 Å². The SMILES string of the molecule is Cn1ccc2c(=O)n(CC3(O)CCN(C(=O)[C@@H]4CCN(C(=O)c5ccc6c(c5)C(=O)NC6)C[C@H]4c4ccccc4)CC3)cnc21. The molecule has 0 radical (unpaired) electrons. The summed E-state index contributed by atoms with van der Waals surface area (Å²) in [5.41, 5.74) is 2.17. The molecule has 11 nitrogen and oxygen atoms in total. The van der Waals surface area contributed by atoms with Crippen LogP contribution in [0.2, 0.25) is 0 Å². The van der Waals surface area contributed by atoms with E-state index in [9.17, 15) is 24.3 Å². The van der Waals surface area contributed by atoms with E-state index in [1.807, 2.05) is 48.3 Å². The van der Waals surface area contributed by atoms with Crippen molar-refractivity contribution in [1.29, 1.82) is 0 Å². The molecule has 5 heterocycles. The smallest absolute Gasteiger partial charge is 0.262 e. The highest BCUT2D eigenvalue weighted by Gasteiger charge is 2.42. The summed E-state index contributed by atoms with van der Waals surface area (Å²) in [5, 5.41) is 14.7. The number of benzene rings is 2. The molecule has 0 spiro atoms. The molecule has 232 valence electrons. The second kappa shape index (κ2) is 11.3. The van der Waals surface area contributed by atoms with E-state index in [1.165, 1.54) is 10.9 Å². The molecule has 2 aromatic heterocycles. The number of nitrogens with one attached hydrogen (secondary N) is 1. The maximum Gasteiger partial charge on any atom is 0.262 e. The summed E-state index contributed by atoms with van der Waals surface area (Å²) in [6.07, 6.45) is 4.47. The molecule has 0 aliphatic carbocycles. The summed E-state index contributed by atoms with van der Waals surface area (Å²) in [5.74, 6) is -0.805. The molecule has 4 aromatic rings. The van der Waals surface area contributed by atoms with E-state index < -0.39 is 5.60 Å². The molecule has 7 rings (SSSR count). The van der Waals surface area contributed by atoms with Gasteiger partial charge in [0.15, 0.2) is 0 Å². The fourth-order valence-corrected chi connectivity index (χ4v) is 7.14. The van der Waals surface area contributed by atoms with Crippen LogP contribution in [-0.4, -0.2) is 78.5 Å². The Hall–Kier alpha value is -4.77. The molecule has 3 aliphatic heterocycles. The first-order chi connectivity index (χ1) is 21.7. The van der Waals surface area contributed by atoms with Gasteiger partial charge in [0, 0.05) is 68.9 Å². The highest BCUT2D eigenvalue weighted by molar-refractivity contribution is 6.02. The van der Waals surface area contributed by atoms with E-state index in [2.05, 4.69) is 10.3 Å². The van der Waals surface area contributed by atoms with Crippen molar-refractivity contribution >= 4 is 28.8 Å². The summed E-state index contributed by atoms with van der Waals surface area (Å²) < 4.78 is 3.25. The average molecular weight is 609 g/mol. The Kier molecular flexibility index (Phi) is 7.27. The first-order valence-corrected chi connectivity index (χ1v) is 15.5. The molecule has 45 heavy (non-hydrogen) atoms. The van der Waals surface area contributed by atoms with E-state index in [1.54, 1.807) is 33.9 Å². The number of carbonyl (C=O) groups excluding carboxylic acids is 3. The molecule has 2 atom stereocenters. The Labute approximate surface area is 260 Å². The third kappa shape index (κ3) is 5.31. The maximum atomic E-state index is 14.0. The monoisotopic (exact) mass is 608 g/mol. The van der Waals surface area contributed by atoms with Gasteiger partial charge in [0.25, 0.3) is 17.4 Å². The first kappa shape index (κ1) is 29.0. The summed E-state index contributed by atoms with van der Waals surface area (Å²) in [7, 11) is 1.83. The van der Waals surface area contributed by atoms with Crippen molar-refractivity contribution in [2.75, 3.05) is 26.2 Å². The van der Waals surface area contributed by atoms with Gasteiger partial charge in [0.05, 0.1) is 17.5 Å². The fourth-order valence-electron chi connectivity index (χ4n) is 7.14. The van der Waals surface area contributed by atoms with Crippen LogP contribution in [0.4, 0.5) is 0 Å². The second-order valence-electron chi connectivity index (χ2n) is 12.6. The van der Waals surface area contributed by atoms with Gasteiger partial charge >= 0.3 is 0 Å². The summed E-state index contributed by atoms with van der Waals surface area (Å²) in [4.78, 5) is 60.9. The first-order valence-electron chi connectivity index (χ1n) is 15.5. The quantitative estimate of drug-likeness (QED) is 0.358. The third-order valence-electron chi connectivity index (χ3n) is 9.81. The molecule has 3 amide bonds. The Balaban J connectivity index is 1.05. The van der Waals surface area contributed by atoms with Gasteiger partial charge in [0.2, 0.25) is 5.91 Å². The molecule has 2 N–H and O–H groups in total. The van der Waals surface area contributed by atoms with Crippen molar-refractivity contribution in [2.45, 2.75) is 43.9 Å². The van der Waals surface area contributed by atoms with Crippen LogP contribution in [0.1, 0.15) is 57.0 Å². The van der Waals surface area contributed by atoms with E-state index in [-0.39, 0.29) is 41.7 Å². The number of carbonyl (C=O) groups is 3. The lowest BCUT2D eigenvalue weighted by Crippen LogP contribution is -2.53. The minimum atomic E-state index is -1.13. The highest BCUT2D eigenvalue weighted by Crippen LogP contribution is 2.36. The van der Waals surface area contributed by atoms with Gasteiger partial charge in [-0.1, -0.05) is 36.4 Å². The normalized spacial score (nSPS) is 21.1. The standard InChI is InChI=1S/C34H36N6O5/c1-37-13-9-26-29(37)36-21-40(33(26)44)20-34(45)11-15-38(16-12-34)32(43)25-10-14-39(19-28(25)22-5-3-2-4-6-22)31(42)23-7-8-24-18-35-30(41)27(24)17-23/h2-9,13,17,21,25,28,45H,10-12,14-16,18-20H2,1H3,(H,35,41)/t25-,28+/m1/s1. The number of aromatic nitrogens is 3. The third-order valence-corrected chi connectivity index (χ3v) is 9.81. The van der Waals surface area contributed by atoms with E-state index in [0.29, 0.717) is 74.1 Å². The number of nitrogens with zero attached hydrogens (tertiary/aromatic N) is 5. The van der Waals surface area contributed by atoms with Crippen molar-refractivity contribution in [3.8, 4) is 0 Å². The zero-order valence-corrected chi connectivity index (χ0v) is 25.2.